The van der Waals surface area contributed by atoms with E-state index in [2.05, 4.69) is 23.1 Å². The topological polar surface area (TPSA) is 43.9 Å². The smallest absolute Gasteiger partial charge is 0.249 e. The normalized spacial score (nSPS) is 21.2. The second-order valence-corrected chi connectivity index (χ2v) is 8.31. The van der Waals surface area contributed by atoms with Gasteiger partial charge in [-0.25, -0.2) is 0 Å². The van der Waals surface area contributed by atoms with Gasteiger partial charge in [-0.05, 0) is 48.9 Å². The molecule has 0 N–H and O–H groups in total. The summed E-state index contributed by atoms with van der Waals surface area (Å²) < 4.78 is 0. The largest absolute Gasteiger partial charge is 0.371 e. The predicted molar refractivity (Wildman–Crippen MR) is 114 cm³/mol. The number of amides is 2. The van der Waals surface area contributed by atoms with Gasteiger partial charge in [-0.2, -0.15) is 0 Å². The van der Waals surface area contributed by atoms with Crippen molar-refractivity contribution in [3.05, 3.63) is 59.7 Å². The first kappa shape index (κ1) is 18.2. The monoisotopic (exact) mass is 389 g/mol. The van der Waals surface area contributed by atoms with E-state index in [1.807, 2.05) is 35.2 Å². The third-order valence-corrected chi connectivity index (χ3v) is 6.51. The van der Waals surface area contributed by atoms with Gasteiger partial charge >= 0.3 is 0 Å². The average molecular weight is 389 g/mol. The molecule has 5 nitrogen and oxygen atoms in total. The Labute approximate surface area is 171 Å². The Morgan fingerprint density at radius 1 is 0.966 bits per heavy atom. The molecular formula is C24H27N3O2. The molecule has 0 aromatic heterocycles. The molecule has 1 atom stereocenters. The van der Waals surface area contributed by atoms with Crippen LogP contribution in [0.3, 0.4) is 0 Å². The van der Waals surface area contributed by atoms with Crippen LogP contribution in [-0.4, -0.2) is 42.4 Å². The number of benzene rings is 2. The lowest BCUT2D eigenvalue weighted by molar-refractivity contribution is -0.134. The Kier molecular flexibility index (Phi) is 4.74. The lowest BCUT2D eigenvalue weighted by Gasteiger charge is -2.29. The number of fused-ring (bicyclic) bond motifs is 1. The number of rotatable bonds is 4. The molecule has 0 radical (unpaired) electrons. The molecule has 5 heteroatoms. The number of carbonyl (C=O) groups is 2. The zero-order valence-electron chi connectivity index (χ0n) is 16.7. The highest BCUT2D eigenvalue weighted by Crippen LogP contribution is 2.35. The zero-order chi connectivity index (χ0) is 19.8. The maximum absolute atomic E-state index is 13.5. The highest BCUT2D eigenvalue weighted by atomic mass is 16.2. The first-order valence-electron chi connectivity index (χ1n) is 10.7. The Morgan fingerprint density at radius 3 is 2.55 bits per heavy atom. The van der Waals surface area contributed by atoms with Crippen LogP contribution in [-0.2, 0) is 22.6 Å². The summed E-state index contributed by atoms with van der Waals surface area (Å²) >= 11 is 0. The van der Waals surface area contributed by atoms with Crippen molar-refractivity contribution in [3.63, 3.8) is 0 Å². The van der Waals surface area contributed by atoms with Crippen LogP contribution in [0.4, 0.5) is 11.4 Å². The van der Waals surface area contributed by atoms with Crippen molar-refractivity contribution in [3.8, 4) is 0 Å². The summed E-state index contributed by atoms with van der Waals surface area (Å²) in [5.74, 6) is 0.154. The molecule has 29 heavy (non-hydrogen) atoms. The van der Waals surface area contributed by atoms with Crippen molar-refractivity contribution >= 4 is 23.2 Å². The van der Waals surface area contributed by atoms with E-state index in [-0.39, 0.29) is 17.9 Å². The summed E-state index contributed by atoms with van der Waals surface area (Å²) in [7, 11) is 0. The maximum Gasteiger partial charge on any atom is 0.249 e. The summed E-state index contributed by atoms with van der Waals surface area (Å²) in [5, 5.41) is 0. The van der Waals surface area contributed by atoms with Gasteiger partial charge in [0.2, 0.25) is 11.8 Å². The summed E-state index contributed by atoms with van der Waals surface area (Å²) in [6.45, 7) is 3.40. The lowest BCUT2D eigenvalue weighted by atomic mass is 10.1. The first-order valence-corrected chi connectivity index (χ1v) is 10.7. The summed E-state index contributed by atoms with van der Waals surface area (Å²) in [4.78, 5) is 32.1. The van der Waals surface area contributed by atoms with Crippen molar-refractivity contribution in [2.45, 2.75) is 44.7 Å². The van der Waals surface area contributed by atoms with E-state index in [9.17, 15) is 9.59 Å². The van der Waals surface area contributed by atoms with Crippen molar-refractivity contribution in [1.82, 2.24) is 4.90 Å². The molecule has 0 aliphatic carbocycles. The molecule has 2 saturated heterocycles. The minimum Gasteiger partial charge on any atom is -0.371 e. The van der Waals surface area contributed by atoms with E-state index in [1.165, 1.54) is 24.1 Å². The standard InChI is InChI=1S/C24H27N3O2/c28-23-11-10-21(27(23)17-18-6-2-1-3-7-18)24(29)26-15-12-19-8-9-20(16-22(19)26)25-13-4-5-14-25/h1-3,6-9,16,21H,4-5,10-15,17H2. The van der Waals surface area contributed by atoms with Crippen LogP contribution in [0.15, 0.2) is 48.5 Å². The lowest BCUT2D eigenvalue weighted by Crippen LogP contribution is -2.46. The van der Waals surface area contributed by atoms with Gasteiger partial charge in [-0.3, -0.25) is 9.59 Å². The molecule has 0 spiro atoms. The van der Waals surface area contributed by atoms with Crippen molar-refractivity contribution in [2.75, 3.05) is 29.4 Å². The predicted octanol–water partition coefficient (Wildman–Crippen LogP) is 3.37. The van der Waals surface area contributed by atoms with Crippen LogP contribution < -0.4 is 9.80 Å². The van der Waals surface area contributed by atoms with Crippen LogP contribution in [0.1, 0.15) is 36.8 Å². The molecule has 3 aliphatic heterocycles. The molecule has 2 fully saturated rings. The first-order chi connectivity index (χ1) is 14.2. The number of hydrogen-bond donors (Lipinski definition) is 0. The fraction of sp³-hybridized carbons (Fsp3) is 0.417. The van der Waals surface area contributed by atoms with E-state index in [0.29, 0.717) is 25.9 Å². The third-order valence-electron chi connectivity index (χ3n) is 6.51. The van der Waals surface area contributed by atoms with E-state index in [1.54, 1.807) is 4.90 Å². The minimum absolute atomic E-state index is 0.0732. The summed E-state index contributed by atoms with van der Waals surface area (Å²) in [5.41, 5.74) is 4.56. The van der Waals surface area contributed by atoms with Gasteiger partial charge in [0.25, 0.3) is 0 Å². The second-order valence-electron chi connectivity index (χ2n) is 8.31. The SMILES string of the molecule is O=C(C1CCC(=O)N1Cc1ccccc1)N1CCc2ccc(N3CCCC3)cc21. The van der Waals surface area contributed by atoms with Crippen molar-refractivity contribution in [1.29, 1.82) is 0 Å². The molecule has 0 saturated carbocycles. The van der Waals surface area contributed by atoms with Crippen LogP contribution in [0.25, 0.3) is 0 Å². The Hall–Kier alpha value is -2.82. The van der Waals surface area contributed by atoms with E-state index >= 15 is 0 Å². The van der Waals surface area contributed by atoms with Gasteiger partial charge in [0.05, 0.1) is 0 Å². The van der Waals surface area contributed by atoms with Crippen LogP contribution >= 0.6 is 0 Å². The Balaban J connectivity index is 1.38. The van der Waals surface area contributed by atoms with Crippen LogP contribution in [0.5, 0.6) is 0 Å². The van der Waals surface area contributed by atoms with Gasteiger partial charge in [0.15, 0.2) is 0 Å². The van der Waals surface area contributed by atoms with Crippen molar-refractivity contribution in [2.24, 2.45) is 0 Å². The van der Waals surface area contributed by atoms with Gasteiger partial charge in [-0.15, -0.1) is 0 Å². The zero-order valence-corrected chi connectivity index (χ0v) is 16.7. The number of likely N-dealkylation sites (tertiary alicyclic amines) is 1. The summed E-state index contributed by atoms with van der Waals surface area (Å²) in [6, 6.07) is 16.1. The van der Waals surface area contributed by atoms with Gasteiger partial charge < -0.3 is 14.7 Å². The van der Waals surface area contributed by atoms with Crippen molar-refractivity contribution < 1.29 is 9.59 Å². The fourth-order valence-electron chi connectivity index (χ4n) is 4.92. The molecule has 0 bridgehead atoms. The molecule has 2 aromatic carbocycles. The number of carbonyl (C=O) groups excluding carboxylic acids is 2. The number of anilines is 2. The molecule has 150 valence electrons. The molecule has 5 rings (SSSR count). The summed E-state index contributed by atoms with van der Waals surface area (Å²) in [6.07, 6.45) is 4.43. The minimum atomic E-state index is -0.357. The Bertz CT molecular complexity index is 921. The number of hydrogen-bond acceptors (Lipinski definition) is 3. The number of nitrogens with zero attached hydrogens (tertiary/aromatic N) is 3. The van der Waals surface area contributed by atoms with E-state index in [4.69, 9.17) is 0 Å². The van der Waals surface area contributed by atoms with Gasteiger partial charge in [-0.1, -0.05) is 36.4 Å². The maximum atomic E-state index is 13.5. The highest BCUT2D eigenvalue weighted by molar-refractivity contribution is 6.02. The molecule has 2 aromatic rings. The quantitative estimate of drug-likeness (QED) is 0.805. The van der Waals surface area contributed by atoms with E-state index in [0.717, 1.165) is 30.8 Å². The second kappa shape index (κ2) is 7.54. The van der Waals surface area contributed by atoms with Crippen LogP contribution in [0.2, 0.25) is 0 Å². The molecule has 3 heterocycles. The molecule has 3 aliphatic rings. The molecule has 1 unspecified atom stereocenters. The van der Waals surface area contributed by atoms with Gasteiger partial charge in [0.1, 0.15) is 6.04 Å². The average Bonchev–Trinajstić information content (AvgIpc) is 3.49. The fourth-order valence-corrected chi connectivity index (χ4v) is 4.92. The molecule has 2 amide bonds. The van der Waals surface area contributed by atoms with E-state index < -0.39 is 0 Å². The highest BCUT2D eigenvalue weighted by Gasteiger charge is 2.40. The third kappa shape index (κ3) is 3.39. The van der Waals surface area contributed by atoms with Crippen LogP contribution in [0, 0.1) is 0 Å². The Morgan fingerprint density at radius 2 is 1.76 bits per heavy atom. The molecular weight excluding hydrogens is 362 g/mol. The van der Waals surface area contributed by atoms with Gasteiger partial charge in [0, 0.05) is 44.0 Å².